The first kappa shape index (κ1) is 27.7. The molecule has 0 radical (unpaired) electrons. The van der Waals surface area contributed by atoms with Crippen molar-refractivity contribution in [2.24, 2.45) is 35.5 Å². The summed E-state index contributed by atoms with van der Waals surface area (Å²) in [6.07, 6.45) is 9.28. The molecule has 1 aromatic rings. The summed E-state index contributed by atoms with van der Waals surface area (Å²) >= 11 is 0. The molecule has 1 N–H and O–H groups in total. The summed E-state index contributed by atoms with van der Waals surface area (Å²) in [7, 11) is -3.82. The first-order valence-electron chi connectivity index (χ1n) is 13.5. The number of hydrogen-bond acceptors (Lipinski definition) is 4. The van der Waals surface area contributed by atoms with Crippen LogP contribution in [0, 0.1) is 35.5 Å². The molecule has 2 aliphatic rings. The lowest BCUT2D eigenvalue weighted by Gasteiger charge is -2.42. The Morgan fingerprint density at radius 1 is 0.853 bits per heavy atom. The fourth-order valence-electron chi connectivity index (χ4n) is 5.87. The van der Waals surface area contributed by atoms with Gasteiger partial charge in [-0.3, -0.25) is 4.57 Å². The van der Waals surface area contributed by atoms with Crippen molar-refractivity contribution in [1.29, 1.82) is 0 Å². The van der Waals surface area contributed by atoms with Gasteiger partial charge in [-0.1, -0.05) is 90.8 Å². The Balaban J connectivity index is 1.89. The highest BCUT2D eigenvalue weighted by atomic mass is 31.2. The molecule has 5 heteroatoms. The van der Waals surface area contributed by atoms with Gasteiger partial charge < -0.3 is 14.2 Å². The lowest BCUT2D eigenvalue weighted by Crippen LogP contribution is -2.37. The Hall–Kier alpha value is -0.930. The van der Waals surface area contributed by atoms with E-state index in [-0.39, 0.29) is 12.2 Å². The van der Waals surface area contributed by atoms with Crippen LogP contribution in [0.25, 0.3) is 6.08 Å². The third kappa shape index (κ3) is 7.29. The maximum absolute atomic E-state index is 14.5. The first-order valence-corrected chi connectivity index (χ1v) is 15.1. The van der Waals surface area contributed by atoms with Crippen molar-refractivity contribution in [1.82, 2.24) is 0 Å². The van der Waals surface area contributed by atoms with Crippen molar-refractivity contribution < 1.29 is 18.7 Å². The zero-order chi connectivity index (χ0) is 24.9. The largest absolute Gasteiger partial charge is 0.377 e. The monoisotopic (exact) mass is 490 g/mol. The molecule has 1 unspecified atom stereocenters. The average molecular weight is 491 g/mol. The van der Waals surface area contributed by atoms with Gasteiger partial charge in [0.05, 0.1) is 12.2 Å². The van der Waals surface area contributed by atoms with E-state index in [0.29, 0.717) is 35.5 Å². The predicted molar refractivity (Wildman–Crippen MR) is 142 cm³/mol. The third-order valence-corrected chi connectivity index (χ3v) is 10.0. The van der Waals surface area contributed by atoms with Crippen molar-refractivity contribution in [2.75, 3.05) is 0 Å². The Bertz CT molecular complexity index is 783. The quantitative estimate of drug-likeness (QED) is 0.355. The van der Waals surface area contributed by atoms with Crippen LogP contribution < -0.4 is 0 Å². The number of aliphatic hydroxyl groups excluding tert-OH is 1. The Morgan fingerprint density at radius 3 is 1.76 bits per heavy atom. The van der Waals surface area contributed by atoms with E-state index in [1.54, 1.807) is 6.08 Å². The Morgan fingerprint density at radius 2 is 1.32 bits per heavy atom. The van der Waals surface area contributed by atoms with Crippen molar-refractivity contribution in [3.8, 4) is 0 Å². The molecule has 0 heterocycles. The Kier molecular flexibility index (Phi) is 10.0. The molecule has 3 rings (SSSR count). The van der Waals surface area contributed by atoms with Crippen LogP contribution in [0.15, 0.2) is 36.4 Å². The molecule has 0 bridgehead atoms. The van der Waals surface area contributed by atoms with E-state index in [1.807, 2.05) is 36.4 Å². The molecule has 0 spiro atoms. The van der Waals surface area contributed by atoms with Crippen LogP contribution in [0.5, 0.6) is 0 Å². The van der Waals surface area contributed by atoms with Gasteiger partial charge in [0.1, 0.15) is 0 Å². The maximum atomic E-state index is 14.5. The van der Waals surface area contributed by atoms with E-state index in [2.05, 4.69) is 41.5 Å². The van der Waals surface area contributed by atoms with Crippen LogP contribution in [0.2, 0.25) is 0 Å². The van der Waals surface area contributed by atoms with Crippen LogP contribution >= 0.6 is 7.60 Å². The van der Waals surface area contributed by atoms with Gasteiger partial charge in [-0.2, -0.15) is 0 Å². The average Bonchev–Trinajstić information content (AvgIpc) is 2.77. The molecule has 0 amide bonds. The van der Waals surface area contributed by atoms with Gasteiger partial charge in [0.2, 0.25) is 0 Å². The van der Waals surface area contributed by atoms with E-state index in [1.165, 1.54) is 12.8 Å². The van der Waals surface area contributed by atoms with Gasteiger partial charge >= 0.3 is 7.60 Å². The highest BCUT2D eigenvalue weighted by molar-refractivity contribution is 7.54. The van der Waals surface area contributed by atoms with Crippen LogP contribution in [0.4, 0.5) is 0 Å². The van der Waals surface area contributed by atoms with E-state index in [9.17, 15) is 9.67 Å². The van der Waals surface area contributed by atoms with Crippen LogP contribution in [0.1, 0.15) is 85.6 Å². The number of aliphatic hydroxyl groups is 1. The number of hydrogen-bond donors (Lipinski definition) is 1. The second-order valence-corrected chi connectivity index (χ2v) is 13.7. The Labute approximate surface area is 208 Å². The number of rotatable bonds is 9. The summed E-state index contributed by atoms with van der Waals surface area (Å²) in [4.78, 5) is 0. The zero-order valence-electron chi connectivity index (χ0n) is 22.1. The second-order valence-electron chi connectivity index (χ2n) is 11.7. The van der Waals surface area contributed by atoms with E-state index >= 15 is 0 Å². The summed E-state index contributed by atoms with van der Waals surface area (Å²) in [5, 5.41) is 11.3. The molecule has 192 valence electrons. The molecule has 4 nitrogen and oxygen atoms in total. The summed E-state index contributed by atoms with van der Waals surface area (Å²) in [6.45, 7) is 13.3. The van der Waals surface area contributed by atoms with Gasteiger partial charge in [-0.25, -0.2) is 0 Å². The summed E-state index contributed by atoms with van der Waals surface area (Å²) in [5.74, 6) is 1.26. The minimum absolute atomic E-state index is 0.159. The normalized spacial score (nSPS) is 33.3. The van der Waals surface area contributed by atoms with Crippen LogP contribution in [-0.2, 0) is 13.6 Å². The lowest BCUT2D eigenvalue weighted by atomic mass is 9.75. The maximum Gasteiger partial charge on any atom is 0.363 e. The molecule has 1 aromatic carbocycles. The standard InChI is InChI=1S/C29H47O4P/c1-20(2)25-15-12-22(5)18-27(25)32-34(31,29(30)17-14-24-10-8-7-9-11-24)33-28-19-23(6)13-16-26(28)21(3)4/h7-11,14,17,20-23,25-30H,12-13,15-16,18-19H2,1-6H3/b17-14+/t22-,23+,25-,26+,27-,28-,29+,34?/m1/s1. The minimum atomic E-state index is -3.82. The molecule has 34 heavy (non-hydrogen) atoms. The van der Waals surface area contributed by atoms with Gasteiger partial charge in [0.15, 0.2) is 5.85 Å². The molecule has 2 aliphatic carbocycles. The predicted octanol–water partition coefficient (Wildman–Crippen LogP) is 8.17. The van der Waals surface area contributed by atoms with E-state index in [4.69, 9.17) is 9.05 Å². The van der Waals surface area contributed by atoms with Crippen LogP contribution in [0.3, 0.4) is 0 Å². The smallest absolute Gasteiger partial charge is 0.363 e. The summed E-state index contributed by atoms with van der Waals surface area (Å²) in [5.41, 5.74) is 0.950. The fourth-order valence-corrected chi connectivity index (χ4v) is 7.70. The van der Waals surface area contributed by atoms with Gasteiger partial charge in [-0.15, -0.1) is 0 Å². The van der Waals surface area contributed by atoms with Gasteiger partial charge in [0.25, 0.3) is 0 Å². The second kappa shape index (κ2) is 12.3. The van der Waals surface area contributed by atoms with Crippen molar-refractivity contribution in [2.45, 2.75) is 98.1 Å². The van der Waals surface area contributed by atoms with E-state index < -0.39 is 13.4 Å². The lowest BCUT2D eigenvalue weighted by molar-refractivity contribution is -0.0121. The molecule has 0 aromatic heterocycles. The highest BCUT2D eigenvalue weighted by Gasteiger charge is 2.45. The van der Waals surface area contributed by atoms with E-state index in [0.717, 1.165) is 31.2 Å². The summed E-state index contributed by atoms with van der Waals surface area (Å²) < 4.78 is 27.4. The van der Waals surface area contributed by atoms with Crippen molar-refractivity contribution in [3.63, 3.8) is 0 Å². The SMILES string of the molecule is CC(C)[C@H]1CC[C@@H](C)C[C@H]1OP(=O)(O[C@@H]1C[C@@H](C)CC[C@H]1C(C)C)[C@H](O)/C=C/c1ccccc1. The van der Waals surface area contributed by atoms with Gasteiger partial charge in [-0.05, 0) is 72.8 Å². The highest BCUT2D eigenvalue weighted by Crippen LogP contribution is 2.59. The molecule has 2 fully saturated rings. The van der Waals surface area contributed by atoms with Gasteiger partial charge in [0, 0.05) is 0 Å². The summed E-state index contributed by atoms with van der Waals surface area (Å²) in [6, 6.07) is 9.78. The molecule has 2 saturated carbocycles. The molecule has 8 atom stereocenters. The minimum Gasteiger partial charge on any atom is -0.377 e. The fraction of sp³-hybridized carbons (Fsp3) is 0.724. The first-order chi connectivity index (χ1) is 16.1. The third-order valence-electron chi connectivity index (χ3n) is 8.07. The molecular weight excluding hydrogens is 443 g/mol. The molecule has 0 saturated heterocycles. The van der Waals surface area contributed by atoms with Crippen molar-refractivity contribution >= 4 is 13.7 Å². The van der Waals surface area contributed by atoms with Crippen LogP contribution in [-0.4, -0.2) is 23.2 Å². The number of benzene rings is 1. The molecule has 0 aliphatic heterocycles. The zero-order valence-corrected chi connectivity index (χ0v) is 23.0. The topological polar surface area (TPSA) is 55.8 Å². The van der Waals surface area contributed by atoms with Crippen molar-refractivity contribution in [3.05, 3.63) is 42.0 Å². The molecular formula is C29H47O4P.